The minimum absolute atomic E-state index is 0.0991. The zero-order chi connectivity index (χ0) is 20.3. The third-order valence-corrected chi connectivity index (χ3v) is 5.95. The maximum atomic E-state index is 12.5. The molecule has 12 heteroatoms. The Labute approximate surface area is 162 Å². The number of morpholine rings is 1. The van der Waals surface area contributed by atoms with Crippen LogP contribution in [-0.2, 0) is 24.3 Å². The molecule has 11 nitrogen and oxygen atoms in total. The van der Waals surface area contributed by atoms with E-state index < -0.39 is 27.7 Å². The molecule has 0 bridgehead atoms. The molecule has 3 rings (SSSR count). The highest BCUT2D eigenvalue weighted by Crippen LogP contribution is 2.16. The van der Waals surface area contributed by atoms with Crippen LogP contribution in [0.4, 0.5) is 0 Å². The van der Waals surface area contributed by atoms with Gasteiger partial charge >= 0.3 is 11.8 Å². The van der Waals surface area contributed by atoms with Crippen LogP contribution >= 0.6 is 0 Å². The fourth-order valence-electron chi connectivity index (χ4n) is 2.99. The van der Waals surface area contributed by atoms with Gasteiger partial charge in [0.15, 0.2) is 5.76 Å². The molecule has 0 unspecified atom stereocenters. The third-order valence-electron chi connectivity index (χ3n) is 4.66. The molecule has 2 fully saturated rings. The van der Waals surface area contributed by atoms with E-state index in [0.717, 1.165) is 0 Å². The Bertz CT molecular complexity index is 852. The third kappa shape index (κ3) is 4.18. The van der Waals surface area contributed by atoms with Crippen LogP contribution < -0.4 is 4.72 Å². The van der Waals surface area contributed by atoms with Crippen molar-refractivity contribution in [2.75, 3.05) is 59.5 Å². The van der Waals surface area contributed by atoms with Crippen LogP contribution in [-0.4, -0.2) is 100 Å². The summed E-state index contributed by atoms with van der Waals surface area (Å²) < 4.78 is 35.9. The van der Waals surface area contributed by atoms with Crippen molar-refractivity contribution in [1.29, 1.82) is 0 Å². The molecule has 3 amide bonds. The molecule has 0 saturated carbocycles. The van der Waals surface area contributed by atoms with Gasteiger partial charge in [-0.15, -0.1) is 0 Å². The van der Waals surface area contributed by atoms with Gasteiger partial charge in [0.25, 0.3) is 15.9 Å². The van der Waals surface area contributed by atoms with Crippen molar-refractivity contribution in [3.05, 3.63) is 17.9 Å². The van der Waals surface area contributed by atoms with Crippen LogP contribution in [0.1, 0.15) is 10.6 Å². The average Bonchev–Trinajstić information content (AvgIpc) is 3.24. The number of carbonyl (C=O) groups is 3. The molecule has 1 aromatic heterocycles. The highest BCUT2D eigenvalue weighted by Gasteiger charge is 2.32. The zero-order valence-corrected chi connectivity index (χ0v) is 16.2. The number of hydrogen-bond acceptors (Lipinski definition) is 7. The molecule has 3 heterocycles. The molecule has 0 atom stereocenters. The molecule has 0 aliphatic carbocycles. The lowest BCUT2D eigenvalue weighted by atomic mass is 10.2. The van der Waals surface area contributed by atoms with E-state index in [4.69, 9.17) is 9.15 Å². The van der Waals surface area contributed by atoms with Crippen molar-refractivity contribution in [2.24, 2.45) is 0 Å². The van der Waals surface area contributed by atoms with E-state index in [-0.39, 0.29) is 37.0 Å². The maximum Gasteiger partial charge on any atom is 0.312 e. The number of rotatable bonds is 3. The molecule has 0 spiro atoms. The van der Waals surface area contributed by atoms with Gasteiger partial charge in [-0.25, -0.2) is 13.1 Å². The van der Waals surface area contributed by atoms with Gasteiger partial charge in [-0.1, -0.05) is 0 Å². The van der Waals surface area contributed by atoms with E-state index in [2.05, 4.69) is 4.72 Å². The summed E-state index contributed by atoms with van der Waals surface area (Å²) in [5, 5.41) is -0.344. The Morgan fingerprint density at radius 3 is 2.00 bits per heavy atom. The standard InChI is InChI=1S/C16H22N4O7S/c1-17-28(24,25)13-3-2-12(27-13)14(21)18-4-6-19(7-5-18)15(22)16(23)20-8-10-26-11-9-20/h2-3,17H,4-11H2,1H3. The first-order chi connectivity index (χ1) is 13.3. The van der Waals surface area contributed by atoms with Crippen LogP contribution in [0.2, 0.25) is 0 Å². The highest BCUT2D eigenvalue weighted by atomic mass is 32.2. The quantitative estimate of drug-likeness (QED) is 0.586. The second-order valence-electron chi connectivity index (χ2n) is 6.32. The predicted molar refractivity (Wildman–Crippen MR) is 94.8 cm³/mol. The Morgan fingerprint density at radius 1 is 0.893 bits per heavy atom. The number of furan rings is 1. The number of piperazine rings is 1. The number of hydrogen-bond donors (Lipinski definition) is 1. The molecule has 0 aromatic carbocycles. The number of amides is 3. The molecule has 2 aliphatic heterocycles. The summed E-state index contributed by atoms with van der Waals surface area (Å²) in [6, 6.07) is 2.51. The molecule has 28 heavy (non-hydrogen) atoms. The fraction of sp³-hybridized carbons (Fsp3) is 0.562. The van der Waals surface area contributed by atoms with Crippen LogP contribution in [0.5, 0.6) is 0 Å². The summed E-state index contributed by atoms with van der Waals surface area (Å²) in [4.78, 5) is 41.5. The Hall–Kier alpha value is -2.44. The van der Waals surface area contributed by atoms with Crippen LogP contribution in [0.3, 0.4) is 0 Å². The number of carbonyl (C=O) groups excluding carboxylic acids is 3. The summed E-state index contributed by atoms with van der Waals surface area (Å²) in [6.45, 7) is 2.46. The van der Waals surface area contributed by atoms with Crippen LogP contribution in [0.15, 0.2) is 21.6 Å². The predicted octanol–water partition coefficient (Wildman–Crippen LogP) is -1.67. The second-order valence-corrected chi connectivity index (χ2v) is 8.13. The summed E-state index contributed by atoms with van der Waals surface area (Å²) in [7, 11) is -2.53. The lowest BCUT2D eigenvalue weighted by Crippen LogP contribution is -2.55. The van der Waals surface area contributed by atoms with Crippen molar-refractivity contribution < 1.29 is 32.0 Å². The lowest BCUT2D eigenvalue weighted by molar-refractivity contribution is -0.154. The van der Waals surface area contributed by atoms with E-state index in [9.17, 15) is 22.8 Å². The van der Waals surface area contributed by atoms with Gasteiger partial charge in [-0.05, 0) is 19.2 Å². The zero-order valence-electron chi connectivity index (χ0n) is 15.4. The maximum absolute atomic E-state index is 12.5. The van der Waals surface area contributed by atoms with Crippen molar-refractivity contribution in [3.63, 3.8) is 0 Å². The summed E-state index contributed by atoms with van der Waals surface area (Å²) in [5.41, 5.74) is 0. The summed E-state index contributed by atoms with van der Waals surface area (Å²) in [6.07, 6.45) is 0. The smallest absolute Gasteiger partial charge is 0.312 e. The molecule has 1 aromatic rings. The minimum atomic E-state index is -3.77. The first-order valence-corrected chi connectivity index (χ1v) is 10.3. The second kappa shape index (κ2) is 8.29. The average molecular weight is 414 g/mol. The highest BCUT2D eigenvalue weighted by molar-refractivity contribution is 7.89. The number of nitrogens with one attached hydrogen (secondary N) is 1. The first-order valence-electron chi connectivity index (χ1n) is 8.82. The van der Waals surface area contributed by atoms with Gasteiger partial charge in [0.2, 0.25) is 5.09 Å². The van der Waals surface area contributed by atoms with E-state index in [1.165, 1.54) is 33.9 Å². The Morgan fingerprint density at radius 2 is 1.43 bits per heavy atom. The van der Waals surface area contributed by atoms with E-state index in [1.807, 2.05) is 0 Å². The monoisotopic (exact) mass is 414 g/mol. The van der Waals surface area contributed by atoms with Crippen molar-refractivity contribution in [3.8, 4) is 0 Å². The van der Waals surface area contributed by atoms with Gasteiger partial charge in [0.1, 0.15) is 0 Å². The normalized spacial score (nSPS) is 18.2. The minimum Gasteiger partial charge on any atom is -0.438 e. The molecule has 1 N–H and O–H groups in total. The molecule has 154 valence electrons. The fourth-order valence-corrected chi connectivity index (χ4v) is 3.63. The molecular weight excluding hydrogens is 392 g/mol. The van der Waals surface area contributed by atoms with Crippen LogP contribution in [0.25, 0.3) is 0 Å². The van der Waals surface area contributed by atoms with Gasteiger partial charge in [-0.3, -0.25) is 14.4 Å². The van der Waals surface area contributed by atoms with Crippen LogP contribution in [0, 0.1) is 0 Å². The first kappa shape index (κ1) is 20.3. The molecule has 2 saturated heterocycles. The van der Waals surface area contributed by atoms with Crippen molar-refractivity contribution >= 4 is 27.7 Å². The van der Waals surface area contributed by atoms with Crippen molar-refractivity contribution in [1.82, 2.24) is 19.4 Å². The molecule has 0 radical (unpaired) electrons. The lowest BCUT2D eigenvalue weighted by Gasteiger charge is -2.35. The van der Waals surface area contributed by atoms with Gasteiger partial charge < -0.3 is 23.9 Å². The van der Waals surface area contributed by atoms with Gasteiger partial charge in [0.05, 0.1) is 13.2 Å². The summed E-state index contributed by atoms with van der Waals surface area (Å²) >= 11 is 0. The molecular formula is C16H22N4O7S. The number of ether oxygens (including phenoxy) is 1. The number of sulfonamides is 1. The van der Waals surface area contributed by atoms with Gasteiger partial charge in [0, 0.05) is 39.3 Å². The SMILES string of the molecule is CNS(=O)(=O)c1ccc(C(=O)N2CCN(C(=O)C(=O)N3CCOCC3)CC2)o1. The Kier molecular flexibility index (Phi) is 6.01. The van der Waals surface area contributed by atoms with E-state index >= 15 is 0 Å². The van der Waals surface area contributed by atoms with E-state index in [0.29, 0.717) is 26.3 Å². The molecule has 2 aliphatic rings. The topological polar surface area (TPSA) is 129 Å². The van der Waals surface area contributed by atoms with E-state index in [1.54, 1.807) is 0 Å². The Balaban J connectivity index is 1.57. The van der Waals surface area contributed by atoms with Gasteiger partial charge in [-0.2, -0.15) is 0 Å². The number of nitrogens with zero attached hydrogens (tertiary/aromatic N) is 3. The summed E-state index contributed by atoms with van der Waals surface area (Å²) in [5.74, 6) is -1.72. The largest absolute Gasteiger partial charge is 0.438 e. The van der Waals surface area contributed by atoms with Crippen molar-refractivity contribution in [2.45, 2.75) is 5.09 Å².